The predicted octanol–water partition coefficient (Wildman–Crippen LogP) is 4.83. The Hall–Kier alpha value is -1.79. The van der Waals surface area contributed by atoms with Crippen LogP contribution in [-0.2, 0) is 6.54 Å². The van der Waals surface area contributed by atoms with Gasteiger partial charge in [0.25, 0.3) is 5.91 Å². The first kappa shape index (κ1) is 18.5. The van der Waals surface area contributed by atoms with Crippen molar-refractivity contribution in [2.75, 3.05) is 21.3 Å². The highest BCUT2D eigenvalue weighted by atomic mass is 79.9. The smallest absolute Gasteiger partial charge is 0.254 e. The molecular weight excluding hydrogens is 390 g/mol. The lowest BCUT2D eigenvalue weighted by Gasteiger charge is -2.18. The van der Waals surface area contributed by atoms with E-state index in [0.717, 1.165) is 14.2 Å². The topological polar surface area (TPSA) is 38.8 Å². The third-order valence-electron chi connectivity index (χ3n) is 3.47. The summed E-state index contributed by atoms with van der Waals surface area (Å²) in [6.45, 7) is 2.48. The molecule has 0 radical (unpaired) electrons. The van der Waals surface area contributed by atoms with Gasteiger partial charge in [0.2, 0.25) is 0 Å². The van der Waals surface area contributed by atoms with E-state index in [-0.39, 0.29) is 5.91 Å². The van der Waals surface area contributed by atoms with Crippen LogP contribution in [0.5, 0.6) is 11.5 Å². The number of methoxy groups -OCH3 is 2. The summed E-state index contributed by atoms with van der Waals surface area (Å²) >= 11 is 5.06. The minimum absolute atomic E-state index is 0.0637. The number of nitrogens with zero attached hydrogens (tertiary/aromatic N) is 1. The van der Waals surface area contributed by atoms with Crippen molar-refractivity contribution in [2.24, 2.45) is 0 Å². The van der Waals surface area contributed by atoms with Crippen LogP contribution in [-0.4, -0.2) is 32.1 Å². The van der Waals surface area contributed by atoms with Gasteiger partial charge >= 0.3 is 0 Å². The van der Waals surface area contributed by atoms with Crippen molar-refractivity contribution in [1.29, 1.82) is 0 Å². The van der Waals surface area contributed by atoms with Crippen LogP contribution in [0, 0.1) is 0 Å². The monoisotopic (exact) mass is 409 g/mol. The minimum atomic E-state index is -0.0637. The summed E-state index contributed by atoms with van der Waals surface area (Å²) in [5, 5.41) is 0. The first-order valence-corrected chi connectivity index (χ1v) is 8.99. The Bertz CT molecular complexity index is 755. The van der Waals surface area contributed by atoms with E-state index in [9.17, 15) is 4.79 Å². The first-order valence-electron chi connectivity index (χ1n) is 7.38. The standard InChI is InChI=1S/C18H20BrNO3S/c1-5-6-12-9-13(10-15(22-3)17(12)23-4)18(21)20(2)11-14-7-8-16(19)24-14/h5-10H,11H2,1-4H3/b6-5+. The number of carbonyl (C=O) groups is 1. The number of hydrogen-bond donors (Lipinski definition) is 0. The summed E-state index contributed by atoms with van der Waals surface area (Å²) < 4.78 is 11.8. The van der Waals surface area contributed by atoms with Gasteiger partial charge in [-0.1, -0.05) is 12.2 Å². The zero-order valence-corrected chi connectivity index (χ0v) is 16.5. The molecule has 24 heavy (non-hydrogen) atoms. The Balaban J connectivity index is 2.32. The fourth-order valence-corrected chi connectivity index (χ4v) is 3.92. The molecular formula is C18H20BrNO3S. The van der Waals surface area contributed by atoms with Gasteiger partial charge in [-0.15, -0.1) is 11.3 Å². The molecule has 0 atom stereocenters. The molecule has 0 bridgehead atoms. The molecule has 0 saturated carbocycles. The van der Waals surface area contributed by atoms with Gasteiger partial charge in [0.1, 0.15) is 0 Å². The highest BCUT2D eigenvalue weighted by Crippen LogP contribution is 2.34. The van der Waals surface area contributed by atoms with E-state index in [4.69, 9.17) is 9.47 Å². The maximum atomic E-state index is 12.8. The van der Waals surface area contributed by atoms with Crippen molar-refractivity contribution in [2.45, 2.75) is 13.5 Å². The number of amides is 1. The molecule has 0 unspecified atom stereocenters. The van der Waals surface area contributed by atoms with E-state index in [0.29, 0.717) is 23.6 Å². The summed E-state index contributed by atoms with van der Waals surface area (Å²) in [6, 6.07) is 7.54. The first-order chi connectivity index (χ1) is 11.5. The van der Waals surface area contributed by atoms with E-state index in [1.807, 2.05) is 37.3 Å². The Morgan fingerprint density at radius 1 is 1.29 bits per heavy atom. The van der Waals surface area contributed by atoms with Crippen molar-refractivity contribution in [1.82, 2.24) is 4.90 Å². The lowest BCUT2D eigenvalue weighted by Crippen LogP contribution is -2.26. The van der Waals surface area contributed by atoms with E-state index in [2.05, 4.69) is 15.9 Å². The van der Waals surface area contributed by atoms with Crippen LogP contribution in [0.15, 0.2) is 34.1 Å². The number of rotatable bonds is 6. The van der Waals surface area contributed by atoms with Crippen LogP contribution in [0.25, 0.3) is 6.08 Å². The van der Waals surface area contributed by atoms with Crippen molar-refractivity contribution < 1.29 is 14.3 Å². The molecule has 0 N–H and O–H groups in total. The zero-order valence-electron chi connectivity index (χ0n) is 14.1. The van der Waals surface area contributed by atoms with E-state index < -0.39 is 0 Å². The summed E-state index contributed by atoms with van der Waals surface area (Å²) in [5.41, 5.74) is 1.38. The summed E-state index contributed by atoms with van der Waals surface area (Å²) in [6.07, 6.45) is 3.80. The van der Waals surface area contributed by atoms with Crippen LogP contribution in [0.4, 0.5) is 0 Å². The van der Waals surface area contributed by atoms with Gasteiger partial charge in [-0.2, -0.15) is 0 Å². The average Bonchev–Trinajstić information content (AvgIpc) is 2.98. The molecule has 0 aliphatic carbocycles. The number of hydrogen-bond acceptors (Lipinski definition) is 4. The lowest BCUT2D eigenvalue weighted by molar-refractivity contribution is 0.0786. The van der Waals surface area contributed by atoms with Gasteiger partial charge in [0, 0.05) is 23.1 Å². The quantitative estimate of drug-likeness (QED) is 0.685. The molecule has 2 rings (SSSR count). The molecule has 128 valence electrons. The van der Waals surface area contributed by atoms with Gasteiger partial charge in [-0.25, -0.2) is 0 Å². The van der Waals surface area contributed by atoms with Gasteiger partial charge in [0.05, 0.1) is 24.6 Å². The van der Waals surface area contributed by atoms with Gasteiger partial charge in [-0.3, -0.25) is 4.79 Å². The van der Waals surface area contributed by atoms with Crippen molar-refractivity contribution in [3.63, 3.8) is 0 Å². The number of ether oxygens (including phenoxy) is 2. The molecule has 2 aromatic rings. The third-order valence-corrected chi connectivity index (χ3v) is 5.08. The number of allylic oxidation sites excluding steroid dienone is 1. The molecule has 6 heteroatoms. The molecule has 1 amide bonds. The van der Waals surface area contributed by atoms with Gasteiger partial charge in [0.15, 0.2) is 11.5 Å². The molecule has 0 saturated heterocycles. The van der Waals surface area contributed by atoms with Crippen LogP contribution in [0.2, 0.25) is 0 Å². The second-order valence-corrected chi connectivity index (χ2v) is 7.72. The van der Waals surface area contributed by atoms with Crippen LogP contribution in [0.3, 0.4) is 0 Å². The van der Waals surface area contributed by atoms with E-state index >= 15 is 0 Å². The zero-order chi connectivity index (χ0) is 17.7. The summed E-state index contributed by atoms with van der Waals surface area (Å²) in [4.78, 5) is 15.6. The second-order valence-electron chi connectivity index (χ2n) is 5.17. The maximum Gasteiger partial charge on any atom is 0.254 e. The van der Waals surface area contributed by atoms with Crippen molar-refractivity contribution >= 4 is 39.2 Å². The molecule has 0 aliphatic rings. The second kappa shape index (κ2) is 8.35. The number of halogens is 1. The SMILES string of the molecule is C/C=C/c1cc(C(=O)N(C)Cc2ccc(Br)s2)cc(OC)c1OC. The highest BCUT2D eigenvalue weighted by molar-refractivity contribution is 9.11. The molecule has 0 fully saturated rings. The summed E-state index contributed by atoms with van der Waals surface area (Å²) in [5.74, 6) is 1.10. The average molecular weight is 410 g/mol. The van der Waals surface area contributed by atoms with Gasteiger partial charge < -0.3 is 14.4 Å². The summed E-state index contributed by atoms with van der Waals surface area (Å²) in [7, 11) is 4.95. The van der Waals surface area contributed by atoms with Crippen LogP contribution >= 0.6 is 27.3 Å². The number of carbonyl (C=O) groups excluding carboxylic acids is 1. The molecule has 4 nitrogen and oxygen atoms in total. The Labute approximate surface area is 154 Å². The number of benzene rings is 1. The Kier molecular flexibility index (Phi) is 6.45. The molecule has 1 aromatic heterocycles. The fraction of sp³-hybridized carbons (Fsp3) is 0.278. The Morgan fingerprint density at radius 3 is 2.58 bits per heavy atom. The third kappa shape index (κ3) is 4.19. The largest absolute Gasteiger partial charge is 0.493 e. The fourth-order valence-electron chi connectivity index (χ4n) is 2.38. The van der Waals surface area contributed by atoms with Gasteiger partial charge in [-0.05, 0) is 47.1 Å². The van der Waals surface area contributed by atoms with E-state index in [1.165, 1.54) is 0 Å². The molecule has 0 spiro atoms. The van der Waals surface area contributed by atoms with Crippen LogP contribution in [0.1, 0.15) is 27.7 Å². The van der Waals surface area contributed by atoms with Crippen LogP contribution < -0.4 is 9.47 Å². The number of thiophene rings is 1. The molecule has 1 aromatic carbocycles. The normalized spacial score (nSPS) is 10.9. The molecule has 1 heterocycles. The predicted molar refractivity (Wildman–Crippen MR) is 102 cm³/mol. The highest BCUT2D eigenvalue weighted by Gasteiger charge is 2.18. The minimum Gasteiger partial charge on any atom is -0.493 e. The lowest BCUT2D eigenvalue weighted by atomic mass is 10.1. The Morgan fingerprint density at radius 2 is 2.04 bits per heavy atom. The molecule has 0 aliphatic heterocycles. The maximum absolute atomic E-state index is 12.8. The van der Waals surface area contributed by atoms with E-state index in [1.54, 1.807) is 43.6 Å². The van der Waals surface area contributed by atoms with Crippen molar-refractivity contribution in [3.8, 4) is 11.5 Å². The van der Waals surface area contributed by atoms with Crippen molar-refractivity contribution in [3.05, 3.63) is 50.1 Å².